The molecule has 0 radical (unpaired) electrons. The third-order valence-corrected chi connectivity index (χ3v) is 7.75. The lowest BCUT2D eigenvalue weighted by atomic mass is 10.1. The maximum absolute atomic E-state index is 14.4. The smallest absolute Gasteiger partial charge is 0.271 e. The highest BCUT2D eigenvalue weighted by Crippen LogP contribution is 2.33. The molecule has 7 nitrogen and oxygen atoms in total. The predicted molar refractivity (Wildman–Crippen MR) is 107 cm³/mol. The van der Waals surface area contributed by atoms with Crippen molar-refractivity contribution in [2.24, 2.45) is 0 Å². The predicted octanol–water partition coefficient (Wildman–Crippen LogP) is 2.44. The van der Waals surface area contributed by atoms with Crippen LogP contribution in [0.15, 0.2) is 45.5 Å². The molecule has 0 spiro atoms. The van der Waals surface area contributed by atoms with Crippen LogP contribution in [0.1, 0.15) is 6.42 Å². The molecule has 4 rings (SSSR count). The summed E-state index contributed by atoms with van der Waals surface area (Å²) in [5, 5.41) is 10.8. The quantitative estimate of drug-likeness (QED) is 0.577. The molecule has 2 aromatic heterocycles. The van der Waals surface area contributed by atoms with Crippen molar-refractivity contribution in [3.8, 4) is 0 Å². The molecule has 0 bridgehead atoms. The SMILES string of the molecule is O=c1[nH]ccc2cc(F)c(NS(=O)(=O)c3ccc(N4CC[C@@H](F)[C@@H](O)C4)s3)cc12. The molecule has 1 fully saturated rings. The van der Waals surface area contributed by atoms with Crippen LogP contribution in [-0.4, -0.2) is 43.9 Å². The molecular formula is C18H17F2N3O4S2. The van der Waals surface area contributed by atoms with Gasteiger partial charge < -0.3 is 15.0 Å². The molecule has 1 aliphatic heterocycles. The monoisotopic (exact) mass is 441 g/mol. The minimum Gasteiger partial charge on any atom is -0.388 e. The molecule has 0 amide bonds. The van der Waals surface area contributed by atoms with E-state index in [-0.39, 0.29) is 28.2 Å². The number of H-pyrrole nitrogens is 1. The molecule has 3 N–H and O–H groups in total. The minimum atomic E-state index is -4.11. The second-order valence-corrected chi connectivity index (χ2v) is 9.71. The fraction of sp³-hybridized carbons (Fsp3) is 0.278. The number of benzene rings is 1. The highest BCUT2D eigenvalue weighted by atomic mass is 32.2. The zero-order valence-electron chi connectivity index (χ0n) is 14.9. The summed E-state index contributed by atoms with van der Waals surface area (Å²) in [6.45, 7) is 0.421. The normalized spacial score (nSPS) is 20.2. The van der Waals surface area contributed by atoms with Gasteiger partial charge in [0.05, 0.1) is 10.7 Å². The van der Waals surface area contributed by atoms with Gasteiger partial charge in [0.1, 0.15) is 22.3 Å². The van der Waals surface area contributed by atoms with Crippen LogP contribution in [0.3, 0.4) is 0 Å². The van der Waals surface area contributed by atoms with E-state index < -0.39 is 33.7 Å². The average Bonchev–Trinajstić information content (AvgIpc) is 3.16. The van der Waals surface area contributed by atoms with E-state index in [2.05, 4.69) is 9.71 Å². The van der Waals surface area contributed by atoms with Crippen LogP contribution in [0.5, 0.6) is 0 Å². The Labute approximate surface area is 168 Å². The molecule has 2 atom stereocenters. The van der Waals surface area contributed by atoms with Crippen LogP contribution in [0.4, 0.5) is 19.5 Å². The number of aromatic amines is 1. The molecule has 0 saturated carbocycles. The van der Waals surface area contributed by atoms with Crippen molar-refractivity contribution < 1.29 is 22.3 Å². The van der Waals surface area contributed by atoms with Crippen LogP contribution in [0.25, 0.3) is 10.8 Å². The molecule has 154 valence electrons. The molecule has 1 saturated heterocycles. The van der Waals surface area contributed by atoms with Crippen molar-refractivity contribution >= 4 is 42.8 Å². The van der Waals surface area contributed by atoms with Crippen LogP contribution >= 0.6 is 11.3 Å². The molecule has 29 heavy (non-hydrogen) atoms. The number of alkyl halides is 1. The average molecular weight is 441 g/mol. The Kier molecular flexibility index (Phi) is 5.05. The van der Waals surface area contributed by atoms with Gasteiger partial charge in [-0.2, -0.15) is 0 Å². The molecule has 3 heterocycles. The van der Waals surface area contributed by atoms with Crippen molar-refractivity contribution in [3.05, 3.63) is 52.7 Å². The van der Waals surface area contributed by atoms with E-state index in [1.54, 1.807) is 11.0 Å². The van der Waals surface area contributed by atoms with E-state index in [1.807, 2.05) is 0 Å². The number of piperidine rings is 1. The first kappa shape index (κ1) is 19.8. The summed E-state index contributed by atoms with van der Waals surface area (Å²) >= 11 is 0.933. The number of nitrogens with zero attached hydrogens (tertiary/aromatic N) is 1. The van der Waals surface area contributed by atoms with Gasteiger partial charge in [0.15, 0.2) is 0 Å². The van der Waals surface area contributed by atoms with Crippen molar-refractivity contribution in [3.63, 3.8) is 0 Å². The standard InChI is InChI=1S/C18H17F2N3O4S2/c19-12-4-6-23(9-15(12)24)16-1-2-17(28-16)29(26,27)22-14-8-11-10(7-13(14)20)3-5-21-18(11)25/h1-3,5,7-8,12,15,22,24H,4,6,9H2,(H,21,25)/t12-,15+/m1/s1. The summed E-state index contributed by atoms with van der Waals surface area (Å²) in [5.41, 5.74) is -0.797. The van der Waals surface area contributed by atoms with Gasteiger partial charge in [0.25, 0.3) is 15.6 Å². The Morgan fingerprint density at radius 1 is 1.28 bits per heavy atom. The Balaban J connectivity index is 1.61. The lowest BCUT2D eigenvalue weighted by molar-refractivity contribution is 0.0647. The van der Waals surface area contributed by atoms with Crippen LogP contribution in [-0.2, 0) is 10.0 Å². The topological polar surface area (TPSA) is 102 Å². The maximum atomic E-state index is 14.4. The number of anilines is 2. The van der Waals surface area contributed by atoms with Gasteiger partial charge in [0, 0.05) is 24.7 Å². The second kappa shape index (κ2) is 7.39. The van der Waals surface area contributed by atoms with E-state index in [0.29, 0.717) is 16.9 Å². The van der Waals surface area contributed by atoms with Crippen LogP contribution < -0.4 is 15.2 Å². The zero-order valence-corrected chi connectivity index (χ0v) is 16.6. The number of thiophene rings is 1. The number of halogens is 2. The van der Waals surface area contributed by atoms with Gasteiger partial charge in [-0.1, -0.05) is 0 Å². The number of aliphatic hydroxyl groups excluding tert-OH is 1. The summed E-state index contributed by atoms with van der Waals surface area (Å²) < 4.78 is 55.3. The zero-order chi connectivity index (χ0) is 20.8. The van der Waals surface area contributed by atoms with Gasteiger partial charge in [-0.25, -0.2) is 17.2 Å². The van der Waals surface area contributed by atoms with E-state index >= 15 is 0 Å². The summed E-state index contributed by atoms with van der Waals surface area (Å²) in [6, 6.07) is 6.68. The lowest BCUT2D eigenvalue weighted by Crippen LogP contribution is -2.44. The number of hydrogen-bond donors (Lipinski definition) is 3. The molecular weight excluding hydrogens is 424 g/mol. The fourth-order valence-corrected chi connectivity index (χ4v) is 5.60. The third-order valence-electron chi connectivity index (χ3n) is 4.75. The molecule has 0 unspecified atom stereocenters. The Bertz CT molecular complexity index is 1230. The van der Waals surface area contributed by atoms with Crippen molar-refractivity contribution in [1.29, 1.82) is 0 Å². The number of aromatic nitrogens is 1. The fourth-order valence-electron chi connectivity index (χ4n) is 3.21. The summed E-state index contributed by atoms with van der Waals surface area (Å²) in [4.78, 5) is 16.1. The number of aliphatic hydroxyl groups is 1. The number of fused-ring (bicyclic) bond motifs is 1. The minimum absolute atomic E-state index is 0.0640. The van der Waals surface area contributed by atoms with Crippen molar-refractivity contribution in [1.82, 2.24) is 4.98 Å². The number of nitrogens with one attached hydrogen (secondary N) is 2. The van der Waals surface area contributed by atoms with E-state index in [9.17, 15) is 27.1 Å². The van der Waals surface area contributed by atoms with Crippen LogP contribution in [0.2, 0.25) is 0 Å². The number of β-amino-alcohol motifs (C(OH)–C–C–N with tert-alkyl or cyclic N) is 1. The van der Waals surface area contributed by atoms with Crippen LogP contribution in [0, 0.1) is 5.82 Å². The first-order valence-electron chi connectivity index (χ1n) is 8.75. The highest BCUT2D eigenvalue weighted by molar-refractivity contribution is 7.94. The summed E-state index contributed by atoms with van der Waals surface area (Å²) in [5.74, 6) is -0.809. The maximum Gasteiger partial charge on any atom is 0.271 e. The number of hydrogen-bond acceptors (Lipinski definition) is 6. The van der Waals surface area contributed by atoms with E-state index in [4.69, 9.17) is 0 Å². The summed E-state index contributed by atoms with van der Waals surface area (Å²) in [6.07, 6.45) is -0.899. The van der Waals surface area contributed by atoms with Gasteiger partial charge in [-0.05, 0) is 42.1 Å². The van der Waals surface area contributed by atoms with Crippen molar-refractivity contribution in [2.75, 3.05) is 22.7 Å². The first-order chi connectivity index (χ1) is 13.7. The van der Waals surface area contributed by atoms with E-state index in [0.717, 1.165) is 23.5 Å². The Hall–Kier alpha value is -2.50. The molecule has 11 heteroatoms. The Morgan fingerprint density at radius 2 is 2.07 bits per heavy atom. The van der Waals surface area contributed by atoms with E-state index in [1.165, 1.54) is 18.3 Å². The van der Waals surface area contributed by atoms with Gasteiger partial charge in [-0.3, -0.25) is 9.52 Å². The number of rotatable bonds is 4. The lowest BCUT2D eigenvalue weighted by Gasteiger charge is -2.32. The second-order valence-electron chi connectivity index (χ2n) is 6.74. The van der Waals surface area contributed by atoms with Gasteiger partial charge >= 0.3 is 0 Å². The molecule has 1 aliphatic rings. The first-order valence-corrected chi connectivity index (χ1v) is 11.1. The largest absolute Gasteiger partial charge is 0.388 e. The van der Waals surface area contributed by atoms with Crippen molar-refractivity contribution in [2.45, 2.75) is 22.9 Å². The van der Waals surface area contributed by atoms with Gasteiger partial charge in [-0.15, -0.1) is 11.3 Å². The molecule has 1 aromatic carbocycles. The number of sulfonamides is 1. The molecule has 0 aliphatic carbocycles. The highest BCUT2D eigenvalue weighted by Gasteiger charge is 2.29. The van der Waals surface area contributed by atoms with Gasteiger partial charge in [0.2, 0.25) is 0 Å². The summed E-state index contributed by atoms with van der Waals surface area (Å²) in [7, 11) is -4.11. The number of pyridine rings is 1. The molecule has 3 aromatic rings. The Morgan fingerprint density at radius 3 is 2.83 bits per heavy atom. The third kappa shape index (κ3) is 3.85.